The third kappa shape index (κ3) is 5.77. The fourth-order valence-corrected chi connectivity index (χ4v) is 2.74. The van der Waals surface area contributed by atoms with Crippen LogP contribution in [-0.4, -0.2) is 38.5 Å². The van der Waals surface area contributed by atoms with E-state index < -0.39 is 16.1 Å². The molecule has 114 valence electrons. The fourth-order valence-electron chi connectivity index (χ4n) is 1.51. The molecule has 0 bridgehead atoms. The van der Waals surface area contributed by atoms with E-state index in [9.17, 15) is 8.42 Å². The predicted molar refractivity (Wildman–Crippen MR) is 79.0 cm³/mol. The standard InChI is InChI=1S/C13H22N2O4S/c1-10(2)13(9-16)15-20(17,18)8-7-19-12-5-3-11(14)4-6-12/h3-6,10,13,15-16H,7-9,14H2,1-2H3/t13-/m1/s1. The molecule has 0 fully saturated rings. The van der Waals surface area contributed by atoms with E-state index in [1.54, 1.807) is 24.3 Å². The number of nitrogens with two attached hydrogens (primary N) is 1. The van der Waals surface area contributed by atoms with Crippen LogP contribution in [0.25, 0.3) is 0 Å². The second kappa shape index (κ2) is 7.47. The van der Waals surface area contributed by atoms with Gasteiger partial charge in [-0.2, -0.15) is 0 Å². The summed E-state index contributed by atoms with van der Waals surface area (Å²) in [5.41, 5.74) is 6.16. The van der Waals surface area contributed by atoms with Gasteiger partial charge in [-0.3, -0.25) is 0 Å². The quantitative estimate of drug-likeness (QED) is 0.610. The lowest BCUT2D eigenvalue weighted by Gasteiger charge is -2.19. The molecule has 0 amide bonds. The molecule has 0 aliphatic heterocycles. The number of aliphatic hydroxyl groups excluding tert-OH is 1. The largest absolute Gasteiger partial charge is 0.492 e. The van der Waals surface area contributed by atoms with Crippen molar-refractivity contribution in [2.75, 3.05) is 24.7 Å². The summed E-state index contributed by atoms with van der Waals surface area (Å²) in [5.74, 6) is 0.422. The number of hydrogen-bond donors (Lipinski definition) is 3. The van der Waals surface area contributed by atoms with Crippen molar-refractivity contribution in [1.82, 2.24) is 4.72 Å². The molecule has 1 aromatic carbocycles. The van der Waals surface area contributed by atoms with Gasteiger partial charge in [0, 0.05) is 11.7 Å². The number of anilines is 1. The molecule has 20 heavy (non-hydrogen) atoms. The second-order valence-corrected chi connectivity index (χ2v) is 6.76. The van der Waals surface area contributed by atoms with Crippen LogP contribution in [-0.2, 0) is 10.0 Å². The number of rotatable bonds is 8. The Hall–Kier alpha value is -1.31. The van der Waals surface area contributed by atoms with Gasteiger partial charge in [0.25, 0.3) is 0 Å². The maximum Gasteiger partial charge on any atom is 0.215 e. The Morgan fingerprint density at radius 3 is 2.40 bits per heavy atom. The average Bonchev–Trinajstić information content (AvgIpc) is 2.38. The predicted octanol–water partition coefficient (Wildman–Crippen LogP) is 0.584. The first-order valence-corrected chi connectivity index (χ1v) is 8.08. The van der Waals surface area contributed by atoms with Gasteiger partial charge in [-0.15, -0.1) is 0 Å². The lowest BCUT2D eigenvalue weighted by Crippen LogP contribution is -2.42. The molecule has 0 saturated carbocycles. The summed E-state index contributed by atoms with van der Waals surface area (Å²) in [7, 11) is -3.48. The van der Waals surface area contributed by atoms with E-state index in [1.165, 1.54) is 0 Å². The van der Waals surface area contributed by atoms with Crippen LogP contribution in [0.4, 0.5) is 5.69 Å². The Morgan fingerprint density at radius 1 is 1.30 bits per heavy atom. The van der Waals surface area contributed by atoms with Crippen LogP contribution in [0, 0.1) is 5.92 Å². The van der Waals surface area contributed by atoms with Crippen molar-refractivity contribution < 1.29 is 18.3 Å². The van der Waals surface area contributed by atoms with Crippen molar-refractivity contribution in [3.05, 3.63) is 24.3 Å². The van der Waals surface area contributed by atoms with Gasteiger partial charge in [0.1, 0.15) is 12.4 Å². The maximum atomic E-state index is 11.8. The van der Waals surface area contributed by atoms with E-state index in [4.69, 9.17) is 15.6 Å². The molecule has 0 aliphatic rings. The maximum absolute atomic E-state index is 11.8. The lowest BCUT2D eigenvalue weighted by molar-refractivity contribution is 0.227. The highest BCUT2D eigenvalue weighted by atomic mass is 32.2. The van der Waals surface area contributed by atoms with Gasteiger partial charge < -0.3 is 15.6 Å². The van der Waals surface area contributed by atoms with Gasteiger partial charge in [0.05, 0.1) is 12.4 Å². The van der Waals surface area contributed by atoms with E-state index in [2.05, 4.69) is 4.72 Å². The number of aliphatic hydroxyl groups is 1. The minimum atomic E-state index is -3.48. The number of benzene rings is 1. The molecule has 0 spiro atoms. The number of sulfonamides is 1. The van der Waals surface area contributed by atoms with E-state index in [-0.39, 0.29) is 24.9 Å². The zero-order valence-corrected chi connectivity index (χ0v) is 12.6. The molecule has 0 saturated heterocycles. The molecular weight excluding hydrogens is 280 g/mol. The molecule has 1 aromatic rings. The van der Waals surface area contributed by atoms with Gasteiger partial charge in [-0.25, -0.2) is 13.1 Å². The Balaban J connectivity index is 2.45. The Kier molecular flexibility index (Phi) is 6.25. The van der Waals surface area contributed by atoms with Crippen molar-refractivity contribution in [2.45, 2.75) is 19.9 Å². The van der Waals surface area contributed by atoms with E-state index in [0.717, 1.165) is 0 Å². The second-order valence-electron chi connectivity index (χ2n) is 4.89. The van der Waals surface area contributed by atoms with Crippen LogP contribution < -0.4 is 15.2 Å². The monoisotopic (exact) mass is 302 g/mol. The molecule has 6 nitrogen and oxygen atoms in total. The van der Waals surface area contributed by atoms with Crippen molar-refractivity contribution in [3.8, 4) is 5.75 Å². The summed E-state index contributed by atoms with van der Waals surface area (Å²) in [5, 5.41) is 9.12. The van der Waals surface area contributed by atoms with Crippen LogP contribution in [0.5, 0.6) is 5.75 Å². The molecule has 1 rings (SSSR count). The summed E-state index contributed by atoms with van der Waals surface area (Å²) < 4.78 is 31.4. The van der Waals surface area contributed by atoms with Crippen LogP contribution in [0.1, 0.15) is 13.8 Å². The number of nitrogen functional groups attached to an aromatic ring is 1. The highest BCUT2D eigenvalue weighted by Crippen LogP contribution is 2.13. The van der Waals surface area contributed by atoms with E-state index >= 15 is 0 Å². The van der Waals surface area contributed by atoms with Crippen LogP contribution in [0.3, 0.4) is 0 Å². The van der Waals surface area contributed by atoms with Gasteiger partial charge in [0.2, 0.25) is 10.0 Å². The summed E-state index contributed by atoms with van der Waals surface area (Å²) in [6.07, 6.45) is 0. The topological polar surface area (TPSA) is 102 Å². The first kappa shape index (κ1) is 16.7. The molecule has 0 heterocycles. The Bertz CT molecular complexity index is 500. The minimum absolute atomic E-state index is 0.0211. The zero-order chi connectivity index (χ0) is 15.2. The first-order chi connectivity index (χ1) is 9.34. The first-order valence-electron chi connectivity index (χ1n) is 6.43. The van der Waals surface area contributed by atoms with Gasteiger partial charge in [-0.05, 0) is 30.2 Å². The van der Waals surface area contributed by atoms with Crippen LogP contribution in [0.15, 0.2) is 24.3 Å². The minimum Gasteiger partial charge on any atom is -0.492 e. The molecule has 4 N–H and O–H groups in total. The van der Waals surface area contributed by atoms with E-state index in [1.807, 2.05) is 13.8 Å². The number of hydrogen-bond acceptors (Lipinski definition) is 5. The summed E-state index contributed by atoms with van der Waals surface area (Å²) >= 11 is 0. The van der Waals surface area contributed by atoms with Gasteiger partial charge >= 0.3 is 0 Å². The normalized spacial score (nSPS) is 13.4. The van der Waals surface area contributed by atoms with Gasteiger partial charge in [0.15, 0.2) is 0 Å². The summed E-state index contributed by atoms with van der Waals surface area (Å²) in [4.78, 5) is 0. The van der Waals surface area contributed by atoms with Crippen LogP contribution in [0.2, 0.25) is 0 Å². The van der Waals surface area contributed by atoms with Crippen molar-refractivity contribution in [1.29, 1.82) is 0 Å². The molecule has 0 aliphatic carbocycles. The Labute approximate surface area is 120 Å². The highest BCUT2D eigenvalue weighted by molar-refractivity contribution is 7.89. The number of nitrogens with one attached hydrogen (secondary N) is 1. The Morgan fingerprint density at radius 2 is 1.90 bits per heavy atom. The molecule has 0 radical (unpaired) electrons. The summed E-state index contributed by atoms with van der Waals surface area (Å²) in [6.45, 7) is 3.49. The third-order valence-electron chi connectivity index (χ3n) is 2.83. The van der Waals surface area contributed by atoms with E-state index in [0.29, 0.717) is 11.4 Å². The van der Waals surface area contributed by atoms with Gasteiger partial charge in [-0.1, -0.05) is 13.8 Å². The van der Waals surface area contributed by atoms with Crippen molar-refractivity contribution >= 4 is 15.7 Å². The molecule has 0 unspecified atom stereocenters. The SMILES string of the molecule is CC(C)[C@@H](CO)NS(=O)(=O)CCOc1ccc(N)cc1. The molecule has 1 atom stereocenters. The highest BCUT2D eigenvalue weighted by Gasteiger charge is 2.19. The van der Waals surface area contributed by atoms with Crippen molar-refractivity contribution in [2.24, 2.45) is 5.92 Å². The van der Waals surface area contributed by atoms with Crippen LogP contribution >= 0.6 is 0 Å². The third-order valence-corrected chi connectivity index (χ3v) is 4.20. The molecule has 7 heteroatoms. The molecular formula is C13H22N2O4S. The summed E-state index contributed by atoms with van der Waals surface area (Å²) in [6, 6.07) is 6.25. The number of ether oxygens (including phenoxy) is 1. The fraction of sp³-hybridized carbons (Fsp3) is 0.538. The lowest BCUT2D eigenvalue weighted by atomic mass is 10.1. The zero-order valence-electron chi connectivity index (χ0n) is 11.7. The smallest absolute Gasteiger partial charge is 0.215 e. The van der Waals surface area contributed by atoms with Crippen molar-refractivity contribution in [3.63, 3.8) is 0 Å². The average molecular weight is 302 g/mol. The molecule has 0 aromatic heterocycles.